The monoisotopic (exact) mass is 183 g/mol. The number of hydrogen-bond acceptors (Lipinski definition) is 3. The van der Waals surface area contributed by atoms with Crippen molar-refractivity contribution in [2.75, 3.05) is 13.2 Å². The lowest BCUT2D eigenvalue weighted by molar-refractivity contribution is 0.155. The topological polar surface area (TPSA) is 50.1 Å². The molecular formula is C9H17N3O. The molecule has 1 heterocycles. The Bertz CT molecular complexity index is 235. The quantitative estimate of drug-likeness (QED) is 0.687. The predicted octanol–water partition coefficient (Wildman–Crippen LogP) is 0.244. The molecular weight excluding hydrogens is 166 g/mol. The SMILES string of the molecule is CCNC(C)(CO)Cn1cccn1. The summed E-state index contributed by atoms with van der Waals surface area (Å²) in [4.78, 5) is 0. The smallest absolute Gasteiger partial charge is 0.0628 e. The van der Waals surface area contributed by atoms with Gasteiger partial charge in [0, 0.05) is 12.4 Å². The van der Waals surface area contributed by atoms with Crippen LogP contribution in [0.1, 0.15) is 13.8 Å². The van der Waals surface area contributed by atoms with Crippen LogP contribution in [0.4, 0.5) is 0 Å². The molecule has 1 aromatic heterocycles. The van der Waals surface area contributed by atoms with E-state index in [2.05, 4.69) is 10.4 Å². The maximum atomic E-state index is 9.21. The van der Waals surface area contributed by atoms with E-state index in [1.165, 1.54) is 0 Å². The van der Waals surface area contributed by atoms with E-state index in [-0.39, 0.29) is 12.1 Å². The van der Waals surface area contributed by atoms with Crippen molar-refractivity contribution in [3.05, 3.63) is 18.5 Å². The minimum Gasteiger partial charge on any atom is -0.394 e. The Hall–Kier alpha value is -0.870. The molecule has 1 atom stereocenters. The highest BCUT2D eigenvalue weighted by atomic mass is 16.3. The molecule has 0 aliphatic carbocycles. The van der Waals surface area contributed by atoms with Crippen molar-refractivity contribution in [1.29, 1.82) is 0 Å². The zero-order valence-electron chi connectivity index (χ0n) is 8.20. The third-order valence-corrected chi connectivity index (χ3v) is 2.02. The maximum Gasteiger partial charge on any atom is 0.0628 e. The lowest BCUT2D eigenvalue weighted by Crippen LogP contribution is -2.49. The van der Waals surface area contributed by atoms with E-state index in [1.807, 2.05) is 30.8 Å². The molecule has 0 aliphatic heterocycles. The highest BCUT2D eigenvalue weighted by Gasteiger charge is 2.22. The largest absolute Gasteiger partial charge is 0.394 e. The third-order valence-electron chi connectivity index (χ3n) is 2.02. The molecule has 1 aromatic rings. The fourth-order valence-corrected chi connectivity index (χ4v) is 1.34. The first kappa shape index (κ1) is 10.2. The van der Waals surface area contributed by atoms with Crippen molar-refractivity contribution < 1.29 is 5.11 Å². The molecule has 0 saturated carbocycles. The lowest BCUT2D eigenvalue weighted by atomic mass is 10.0. The van der Waals surface area contributed by atoms with Crippen LogP contribution in [0.3, 0.4) is 0 Å². The fraction of sp³-hybridized carbons (Fsp3) is 0.667. The van der Waals surface area contributed by atoms with Gasteiger partial charge < -0.3 is 10.4 Å². The zero-order chi connectivity index (χ0) is 9.73. The summed E-state index contributed by atoms with van der Waals surface area (Å²) in [7, 11) is 0. The van der Waals surface area contributed by atoms with Crippen LogP contribution in [-0.2, 0) is 6.54 Å². The van der Waals surface area contributed by atoms with Crippen LogP contribution < -0.4 is 5.32 Å². The van der Waals surface area contributed by atoms with Gasteiger partial charge in [-0.05, 0) is 19.5 Å². The van der Waals surface area contributed by atoms with Gasteiger partial charge in [-0.25, -0.2) is 0 Å². The van der Waals surface area contributed by atoms with E-state index in [4.69, 9.17) is 0 Å². The van der Waals surface area contributed by atoms with Crippen molar-refractivity contribution in [3.63, 3.8) is 0 Å². The number of hydrogen-bond donors (Lipinski definition) is 2. The molecule has 0 saturated heterocycles. The van der Waals surface area contributed by atoms with Gasteiger partial charge in [0.1, 0.15) is 0 Å². The van der Waals surface area contributed by atoms with E-state index in [0.29, 0.717) is 6.54 Å². The van der Waals surface area contributed by atoms with E-state index in [9.17, 15) is 5.11 Å². The van der Waals surface area contributed by atoms with Crippen LogP contribution in [-0.4, -0.2) is 33.6 Å². The Kier molecular flexibility index (Phi) is 3.45. The first-order valence-corrected chi connectivity index (χ1v) is 4.53. The van der Waals surface area contributed by atoms with Crippen molar-refractivity contribution in [3.8, 4) is 0 Å². The van der Waals surface area contributed by atoms with Crippen LogP contribution in [0, 0.1) is 0 Å². The number of rotatable bonds is 5. The molecule has 0 spiro atoms. The van der Waals surface area contributed by atoms with Crippen LogP contribution in [0.2, 0.25) is 0 Å². The number of aliphatic hydroxyl groups is 1. The number of likely N-dealkylation sites (N-methyl/N-ethyl adjacent to an activating group) is 1. The summed E-state index contributed by atoms with van der Waals surface area (Å²) in [5.74, 6) is 0. The molecule has 2 N–H and O–H groups in total. The van der Waals surface area contributed by atoms with Crippen LogP contribution in [0.25, 0.3) is 0 Å². The fourth-order valence-electron chi connectivity index (χ4n) is 1.34. The normalized spacial score (nSPS) is 15.6. The van der Waals surface area contributed by atoms with Gasteiger partial charge in [0.15, 0.2) is 0 Å². The summed E-state index contributed by atoms with van der Waals surface area (Å²) in [6.07, 6.45) is 3.63. The maximum absolute atomic E-state index is 9.21. The van der Waals surface area contributed by atoms with Crippen molar-refractivity contribution in [2.45, 2.75) is 25.9 Å². The Morgan fingerprint density at radius 2 is 2.38 bits per heavy atom. The van der Waals surface area contributed by atoms with Gasteiger partial charge in [-0.1, -0.05) is 6.92 Å². The molecule has 0 amide bonds. The minimum absolute atomic E-state index is 0.112. The van der Waals surface area contributed by atoms with Crippen molar-refractivity contribution in [1.82, 2.24) is 15.1 Å². The van der Waals surface area contributed by atoms with Gasteiger partial charge in [0.2, 0.25) is 0 Å². The standard InChI is InChI=1S/C9H17N3O/c1-3-10-9(2,8-13)7-12-6-4-5-11-12/h4-6,10,13H,3,7-8H2,1-2H3. The van der Waals surface area contributed by atoms with Gasteiger partial charge in [-0.15, -0.1) is 0 Å². The molecule has 0 radical (unpaired) electrons. The van der Waals surface area contributed by atoms with E-state index < -0.39 is 0 Å². The molecule has 0 bridgehead atoms. The first-order chi connectivity index (χ1) is 6.20. The van der Waals surface area contributed by atoms with Crippen molar-refractivity contribution in [2.24, 2.45) is 0 Å². The molecule has 4 nitrogen and oxygen atoms in total. The predicted molar refractivity (Wildman–Crippen MR) is 51.4 cm³/mol. The molecule has 74 valence electrons. The highest BCUT2D eigenvalue weighted by molar-refractivity contribution is 4.85. The van der Waals surface area contributed by atoms with Gasteiger partial charge in [-0.3, -0.25) is 4.68 Å². The van der Waals surface area contributed by atoms with Crippen molar-refractivity contribution >= 4 is 0 Å². The Balaban J connectivity index is 2.58. The average molecular weight is 183 g/mol. The first-order valence-electron chi connectivity index (χ1n) is 4.53. The zero-order valence-corrected chi connectivity index (χ0v) is 8.20. The second kappa shape index (κ2) is 4.39. The van der Waals surface area contributed by atoms with Gasteiger partial charge in [-0.2, -0.15) is 5.10 Å². The minimum atomic E-state index is -0.277. The molecule has 0 fully saturated rings. The molecule has 1 rings (SSSR count). The molecule has 0 aliphatic rings. The molecule has 4 heteroatoms. The number of nitrogens with zero attached hydrogens (tertiary/aromatic N) is 2. The average Bonchev–Trinajstić information content (AvgIpc) is 2.57. The summed E-state index contributed by atoms with van der Waals surface area (Å²) >= 11 is 0. The summed E-state index contributed by atoms with van der Waals surface area (Å²) < 4.78 is 1.82. The van der Waals surface area contributed by atoms with Gasteiger partial charge in [0.05, 0.1) is 18.7 Å². The van der Waals surface area contributed by atoms with Gasteiger partial charge in [0.25, 0.3) is 0 Å². The summed E-state index contributed by atoms with van der Waals surface area (Å²) in [6.45, 7) is 5.65. The number of aliphatic hydroxyl groups excluding tert-OH is 1. The van der Waals surface area contributed by atoms with Crippen LogP contribution in [0.5, 0.6) is 0 Å². The summed E-state index contributed by atoms with van der Waals surface area (Å²) in [5, 5.41) is 16.5. The van der Waals surface area contributed by atoms with E-state index in [1.54, 1.807) is 6.20 Å². The number of aromatic nitrogens is 2. The molecule has 13 heavy (non-hydrogen) atoms. The van der Waals surface area contributed by atoms with Crippen LogP contribution >= 0.6 is 0 Å². The Morgan fingerprint density at radius 3 is 2.85 bits per heavy atom. The Labute approximate surface area is 78.6 Å². The second-order valence-electron chi connectivity index (χ2n) is 3.45. The van der Waals surface area contributed by atoms with E-state index in [0.717, 1.165) is 6.54 Å². The summed E-state index contributed by atoms with van der Waals surface area (Å²) in [5.41, 5.74) is -0.277. The Morgan fingerprint density at radius 1 is 1.62 bits per heavy atom. The van der Waals surface area contributed by atoms with Gasteiger partial charge >= 0.3 is 0 Å². The third kappa shape index (κ3) is 2.82. The second-order valence-corrected chi connectivity index (χ2v) is 3.45. The highest BCUT2D eigenvalue weighted by Crippen LogP contribution is 2.05. The molecule has 0 aromatic carbocycles. The molecule has 1 unspecified atom stereocenters. The number of nitrogens with one attached hydrogen (secondary N) is 1. The van der Waals surface area contributed by atoms with E-state index >= 15 is 0 Å². The summed E-state index contributed by atoms with van der Waals surface area (Å²) in [6, 6.07) is 1.88. The van der Waals surface area contributed by atoms with Crippen LogP contribution in [0.15, 0.2) is 18.5 Å². The lowest BCUT2D eigenvalue weighted by Gasteiger charge is -2.28.